The summed E-state index contributed by atoms with van der Waals surface area (Å²) in [4.78, 5) is 18.7. The molecule has 24 heavy (non-hydrogen) atoms. The molecule has 5 nitrogen and oxygen atoms in total. The Balaban J connectivity index is 1.51. The van der Waals surface area contributed by atoms with Gasteiger partial charge in [-0.2, -0.15) is 11.8 Å². The number of nitrogens with zero attached hydrogens (tertiary/aromatic N) is 3. The maximum absolute atomic E-state index is 12.3. The first-order chi connectivity index (χ1) is 11.7. The molecule has 1 amide bonds. The number of aliphatic hydroxyl groups excluding tert-OH is 1. The Labute approximate surface area is 148 Å². The highest BCUT2D eigenvalue weighted by atomic mass is 32.2. The van der Waals surface area contributed by atoms with Gasteiger partial charge in [0.25, 0.3) is 5.91 Å². The molecule has 6 heteroatoms. The number of aliphatic hydroxyl groups is 1. The molecule has 0 spiro atoms. The van der Waals surface area contributed by atoms with Gasteiger partial charge in [0.1, 0.15) is 11.9 Å². The summed E-state index contributed by atoms with van der Waals surface area (Å²) in [5.74, 6) is 3.18. The summed E-state index contributed by atoms with van der Waals surface area (Å²) in [6.45, 7) is 2.56. The van der Waals surface area contributed by atoms with Gasteiger partial charge in [-0.3, -0.25) is 4.79 Å². The van der Waals surface area contributed by atoms with Crippen LogP contribution in [0.1, 0.15) is 50.3 Å². The number of hydrogen-bond donors (Lipinski definition) is 1. The van der Waals surface area contributed by atoms with Gasteiger partial charge >= 0.3 is 0 Å². The van der Waals surface area contributed by atoms with Gasteiger partial charge in [-0.1, -0.05) is 6.42 Å². The van der Waals surface area contributed by atoms with Crippen LogP contribution in [0.15, 0.2) is 12.4 Å². The maximum Gasteiger partial charge on any atom is 0.251 e. The van der Waals surface area contributed by atoms with Gasteiger partial charge in [-0.25, -0.2) is 4.98 Å². The average molecular weight is 352 g/mol. The molecular formula is C18H29N3O2S. The highest BCUT2D eigenvalue weighted by Gasteiger charge is 2.29. The normalized spacial score (nSPS) is 20.8. The van der Waals surface area contributed by atoms with Gasteiger partial charge in [0.15, 0.2) is 0 Å². The second kappa shape index (κ2) is 8.39. The van der Waals surface area contributed by atoms with Crippen molar-refractivity contribution in [2.75, 3.05) is 25.1 Å². The van der Waals surface area contributed by atoms with Crippen LogP contribution < -0.4 is 0 Å². The van der Waals surface area contributed by atoms with Crippen molar-refractivity contribution in [3.63, 3.8) is 0 Å². The van der Waals surface area contributed by atoms with E-state index in [1.54, 1.807) is 11.8 Å². The van der Waals surface area contributed by atoms with Crippen LogP contribution in [0.5, 0.6) is 0 Å². The third kappa shape index (κ3) is 4.14. The number of thioether (sulfide) groups is 1. The van der Waals surface area contributed by atoms with Crippen molar-refractivity contribution in [3.05, 3.63) is 18.2 Å². The lowest BCUT2D eigenvalue weighted by Crippen LogP contribution is -2.44. The Morgan fingerprint density at radius 1 is 1.38 bits per heavy atom. The Morgan fingerprint density at radius 3 is 2.75 bits per heavy atom. The van der Waals surface area contributed by atoms with Crippen LogP contribution in [-0.2, 0) is 11.3 Å². The summed E-state index contributed by atoms with van der Waals surface area (Å²) in [5, 5.41) is 10.0. The topological polar surface area (TPSA) is 58.4 Å². The van der Waals surface area contributed by atoms with Gasteiger partial charge in [0, 0.05) is 37.9 Å². The minimum atomic E-state index is -0.838. The van der Waals surface area contributed by atoms with Gasteiger partial charge in [0.05, 0.1) is 0 Å². The van der Waals surface area contributed by atoms with Crippen molar-refractivity contribution in [1.82, 2.24) is 14.5 Å². The molecule has 1 saturated heterocycles. The minimum absolute atomic E-state index is 0.0969. The molecule has 0 aromatic carbocycles. The number of hydrogen-bond acceptors (Lipinski definition) is 4. The van der Waals surface area contributed by atoms with Crippen molar-refractivity contribution >= 4 is 17.7 Å². The molecule has 1 N–H and O–H groups in total. The fourth-order valence-corrected chi connectivity index (χ4v) is 4.17. The van der Waals surface area contributed by atoms with E-state index in [0.29, 0.717) is 12.3 Å². The number of imidazole rings is 1. The quantitative estimate of drug-likeness (QED) is 0.820. The third-order valence-corrected chi connectivity index (χ3v) is 6.12. The van der Waals surface area contributed by atoms with Gasteiger partial charge < -0.3 is 14.6 Å². The molecule has 1 saturated carbocycles. The molecule has 0 bridgehead atoms. The smallest absolute Gasteiger partial charge is 0.251 e. The largest absolute Gasteiger partial charge is 0.383 e. The summed E-state index contributed by atoms with van der Waals surface area (Å²) in [5.41, 5.74) is 0. The van der Waals surface area contributed by atoms with E-state index in [2.05, 4.69) is 15.7 Å². The molecule has 0 radical (unpaired) electrons. The molecule has 2 heterocycles. The van der Waals surface area contributed by atoms with Crippen LogP contribution in [-0.4, -0.2) is 56.7 Å². The highest BCUT2D eigenvalue weighted by Crippen LogP contribution is 2.31. The Hall–Kier alpha value is -1.01. The lowest BCUT2D eigenvalue weighted by atomic mass is 9.85. The SMILES string of the molecule is CSCC[C@@H](O)C(=O)N1CCC(c2nccn2CC2CCC2)CC1. The number of carbonyl (C=O) groups excluding carboxylic acids is 1. The van der Waals surface area contributed by atoms with E-state index in [1.807, 2.05) is 17.4 Å². The third-order valence-electron chi connectivity index (χ3n) is 5.48. The van der Waals surface area contributed by atoms with Crippen LogP contribution >= 0.6 is 11.8 Å². The monoisotopic (exact) mass is 351 g/mol. The molecule has 1 atom stereocenters. The van der Waals surface area contributed by atoms with E-state index in [4.69, 9.17) is 0 Å². The summed E-state index contributed by atoms with van der Waals surface area (Å²) in [6.07, 6.45) is 11.7. The van der Waals surface area contributed by atoms with Gasteiger partial charge in [-0.15, -0.1) is 0 Å². The standard InChI is InChI=1S/C18H29N3O2S/c1-24-12-7-16(22)18(23)20-9-5-15(6-10-20)17-19-8-11-21(17)13-14-3-2-4-14/h8,11,14-16,22H,2-7,9-10,12-13H2,1H3/t16-/m1/s1. The molecule has 1 aromatic rings. The van der Waals surface area contributed by atoms with E-state index in [0.717, 1.165) is 44.1 Å². The summed E-state index contributed by atoms with van der Waals surface area (Å²) < 4.78 is 2.33. The first kappa shape index (κ1) is 17.8. The van der Waals surface area contributed by atoms with Crippen LogP contribution in [0.4, 0.5) is 0 Å². The van der Waals surface area contributed by atoms with Gasteiger partial charge in [-0.05, 0) is 50.0 Å². The Morgan fingerprint density at radius 2 is 2.12 bits per heavy atom. The second-order valence-electron chi connectivity index (χ2n) is 7.13. The number of likely N-dealkylation sites (tertiary alicyclic amines) is 1. The number of rotatable bonds is 7. The molecule has 2 fully saturated rings. The number of amides is 1. The van der Waals surface area contributed by atoms with Crippen molar-refractivity contribution in [2.45, 2.75) is 57.1 Å². The van der Waals surface area contributed by atoms with E-state index < -0.39 is 6.10 Å². The molecule has 1 aliphatic heterocycles. The lowest BCUT2D eigenvalue weighted by Gasteiger charge is -2.34. The molecule has 1 aliphatic carbocycles. The maximum atomic E-state index is 12.3. The second-order valence-corrected chi connectivity index (χ2v) is 8.12. The van der Waals surface area contributed by atoms with Crippen molar-refractivity contribution in [2.24, 2.45) is 5.92 Å². The Bertz CT molecular complexity index is 536. The zero-order valence-corrected chi connectivity index (χ0v) is 15.4. The molecule has 3 rings (SSSR count). The minimum Gasteiger partial charge on any atom is -0.383 e. The molecule has 2 aliphatic rings. The first-order valence-corrected chi connectivity index (χ1v) is 10.5. The number of aromatic nitrogens is 2. The zero-order valence-electron chi connectivity index (χ0n) is 14.6. The number of carbonyl (C=O) groups is 1. The summed E-state index contributed by atoms with van der Waals surface area (Å²) in [7, 11) is 0. The predicted octanol–water partition coefficient (Wildman–Crippen LogP) is 2.50. The van der Waals surface area contributed by atoms with Crippen molar-refractivity contribution < 1.29 is 9.90 Å². The highest BCUT2D eigenvalue weighted by molar-refractivity contribution is 7.98. The van der Waals surface area contributed by atoms with E-state index in [-0.39, 0.29) is 5.91 Å². The van der Waals surface area contributed by atoms with E-state index in [9.17, 15) is 9.90 Å². The molecule has 0 unspecified atom stereocenters. The lowest BCUT2D eigenvalue weighted by molar-refractivity contribution is -0.141. The first-order valence-electron chi connectivity index (χ1n) is 9.16. The van der Waals surface area contributed by atoms with Crippen LogP contribution in [0, 0.1) is 5.92 Å². The Kier molecular flexibility index (Phi) is 6.22. The fourth-order valence-electron chi connectivity index (χ4n) is 3.71. The molecular weight excluding hydrogens is 322 g/mol. The van der Waals surface area contributed by atoms with E-state index in [1.165, 1.54) is 25.1 Å². The van der Waals surface area contributed by atoms with Crippen molar-refractivity contribution in [3.8, 4) is 0 Å². The molecule has 134 valence electrons. The zero-order chi connectivity index (χ0) is 16.9. The van der Waals surface area contributed by atoms with Crippen LogP contribution in [0.2, 0.25) is 0 Å². The van der Waals surface area contributed by atoms with Crippen molar-refractivity contribution in [1.29, 1.82) is 0 Å². The van der Waals surface area contributed by atoms with E-state index >= 15 is 0 Å². The van der Waals surface area contributed by atoms with Gasteiger partial charge in [0.2, 0.25) is 0 Å². The number of piperidine rings is 1. The summed E-state index contributed by atoms with van der Waals surface area (Å²) in [6, 6.07) is 0. The fraction of sp³-hybridized carbons (Fsp3) is 0.778. The average Bonchev–Trinajstić information content (AvgIpc) is 3.03. The summed E-state index contributed by atoms with van der Waals surface area (Å²) >= 11 is 1.66. The molecule has 1 aromatic heterocycles. The van der Waals surface area contributed by atoms with Crippen LogP contribution in [0.25, 0.3) is 0 Å². The predicted molar refractivity (Wildman–Crippen MR) is 97.1 cm³/mol. The van der Waals surface area contributed by atoms with Crippen LogP contribution in [0.3, 0.4) is 0 Å².